The van der Waals surface area contributed by atoms with Gasteiger partial charge in [0.2, 0.25) is 0 Å². The van der Waals surface area contributed by atoms with Crippen LogP contribution in [0.25, 0.3) is 28.7 Å². The third-order valence-corrected chi connectivity index (χ3v) is 6.79. The summed E-state index contributed by atoms with van der Waals surface area (Å²) in [5.41, 5.74) is 5.20. The Hall–Kier alpha value is -4.14. The minimum Gasteiger partial charge on any atom is -0.334 e. The van der Waals surface area contributed by atoms with Gasteiger partial charge >= 0.3 is 0 Å². The van der Waals surface area contributed by atoms with Crippen LogP contribution in [0.3, 0.4) is 0 Å². The number of H-pyrrole nitrogens is 1. The fourth-order valence-corrected chi connectivity index (χ4v) is 4.58. The molecule has 0 bridgehead atoms. The van der Waals surface area contributed by atoms with Gasteiger partial charge in [-0.05, 0) is 63.3 Å². The summed E-state index contributed by atoms with van der Waals surface area (Å²) in [4.78, 5) is 18.7. The number of hydrogen-bond donors (Lipinski definition) is 1. The first-order valence-electron chi connectivity index (χ1n) is 11.3. The Balaban J connectivity index is 1.30. The molecule has 0 spiro atoms. The van der Waals surface area contributed by atoms with Crippen molar-refractivity contribution in [2.75, 3.05) is 0 Å². The van der Waals surface area contributed by atoms with Gasteiger partial charge in [0.25, 0.3) is 5.89 Å². The van der Waals surface area contributed by atoms with Crippen LogP contribution in [0.4, 0.5) is 0 Å². The quantitative estimate of drug-likeness (QED) is 0.405. The Morgan fingerprint density at radius 1 is 0.941 bits per heavy atom. The number of rotatable bonds is 6. The molecule has 1 aliphatic rings. The lowest BCUT2D eigenvalue weighted by Gasteiger charge is -2.26. The molecule has 9 nitrogen and oxygen atoms in total. The molecule has 1 fully saturated rings. The third-order valence-electron chi connectivity index (χ3n) is 6.79. The van der Waals surface area contributed by atoms with Gasteiger partial charge in [-0.2, -0.15) is 10.1 Å². The maximum absolute atomic E-state index is 5.54. The maximum Gasteiger partial charge on any atom is 0.261 e. The van der Waals surface area contributed by atoms with Crippen molar-refractivity contribution < 1.29 is 4.52 Å². The largest absolute Gasteiger partial charge is 0.334 e. The number of aromatic nitrogens is 8. The minimum atomic E-state index is -0.379. The molecule has 6 rings (SSSR count). The SMILES string of the molecule is Cc1ccc(C)n1-c1cnc(-c2ccc(C(C)(c3noc(-c4cn[nH]c4)n3)C3CC3)cn2)cn1. The van der Waals surface area contributed by atoms with Crippen LogP contribution in [0.15, 0.2) is 59.8 Å². The molecule has 9 heteroatoms. The van der Waals surface area contributed by atoms with Gasteiger partial charge in [-0.15, -0.1) is 0 Å². The van der Waals surface area contributed by atoms with Crippen LogP contribution < -0.4 is 0 Å². The summed E-state index contributed by atoms with van der Waals surface area (Å²) in [6, 6.07) is 8.22. The van der Waals surface area contributed by atoms with Crippen LogP contribution in [-0.4, -0.2) is 39.9 Å². The van der Waals surface area contributed by atoms with Crippen LogP contribution in [0, 0.1) is 19.8 Å². The molecule has 0 saturated heterocycles. The number of nitrogens with zero attached hydrogens (tertiary/aromatic N) is 7. The number of aryl methyl sites for hydroxylation is 2. The monoisotopic (exact) mass is 452 g/mol. The lowest BCUT2D eigenvalue weighted by Crippen LogP contribution is -2.28. The van der Waals surface area contributed by atoms with Crippen molar-refractivity contribution in [3.05, 3.63) is 78.0 Å². The normalized spacial score (nSPS) is 15.4. The van der Waals surface area contributed by atoms with E-state index in [2.05, 4.69) is 68.9 Å². The van der Waals surface area contributed by atoms with Crippen molar-refractivity contribution >= 4 is 0 Å². The summed E-state index contributed by atoms with van der Waals surface area (Å²) in [5, 5.41) is 11.1. The van der Waals surface area contributed by atoms with Gasteiger partial charge in [-0.1, -0.05) is 11.2 Å². The standard InChI is InChI=1S/C25H24N8O/c1-15-4-5-16(2)33(15)22-14-27-21(13-28-22)20-9-8-19(12-26-20)25(3,18-6-7-18)24-31-23(34-32-24)17-10-29-30-11-17/h4-5,8-14,18H,6-7H2,1-3H3,(H,29,30). The first kappa shape index (κ1) is 20.5. The van der Waals surface area contributed by atoms with Crippen LogP contribution >= 0.6 is 0 Å². The van der Waals surface area contributed by atoms with E-state index in [1.165, 1.54) is 0 Å². The van der Waals surface area contributed by atoms with Crippen molar-refractivity contribution in [2.45, 2.75) is 39.0 Å². The second kappa shape index (κ2) is 7.72. The van der Waals surface area contributed by atoms with Crippen molar-refractivity contribution in [3.63, 3.8) is 0 Å². The predicted molar refractivity (Wildman–Crippen MR) is 125 cm³/mol. The zero-order chi connectivity index (χ0) is 23.3. The Morgan fingerprint density at radius 3 is 2.35 bits per heavy atom. The van der Waals surface area contributed by atoms with Gasteiger partial charge in [-0.3, -0.25) is 10.1 Å². The highest BCUT2D eigenvalue weighted by molar-refractivity contribution is 5.54. The maximum atomic E-state index is 5.54. The van der Waals surface area contributed by atoms with Crippen LogP contribution in [0.1, 0.15) is 42.5 Å². The molecule has 1 atom stereocenters. The van der Waals surface area contributed by atoms with Gasteiger partial charge in [0.1, 0.15) is 5.69 Å². The zero-order valence-electron chi connectivity index (χ0n) is 19.2. The topological polar surface area (TPSA) is 111 Å². The van der Waals surface area contributed by atoms with Gasteiger partial charge in [0.05, 0.1) is 35.3 Å². The van der Waals surface area contributed by atoms with E-state index in [0.29, 0.717) is 17.6 Å². The van der Waals surface area contributed by atoms with Crippen molar-refractivity contribution in [1.29, 1.82) is 0 Å². The molecule has 1 saturated carbocycles. The number of pyridine rings is 1. The predicted octanol–water partition coefficient (Wildman–Crippen LogP) is 4.44. The van der Waals surface area contributed by atoms with E-state index in [1.807, 2.05) is 12.3 Å². The Morgan fingerprint density at radius 2 is 1.74 bits per heavy atom. The van der Waals surface area contributed by atoms with Gasteiger partial charge in [-0.25, -0.2) is 9.97 Å². The molecular formula is C25H24N8O. The molecule has 0 radical (unpaired) electrons. The second-order valence-electron chi connectivity index (χ2n) is 9.03. The molecule has 0 aliphatic heterocycles. The van der Waals surface area contributed by atoms with Gasteiger partial charge in [0, 0.05) is 23.8 Å². The summed E-state index contributed by atoms with van der Waals surface area (Å²) in [6.45, 7) is 6.28. The molecule has 1 unspecified atom stereocenters. The van der Waals surface area contributed by atoms with Crippen LogP contribution in [-0.2, 0) is 5.41 Å². The molecule has 5 aromatic heterocycles. The van der Waals surface area contributed by atoms with Crippen LogP contribution in [0.5, 0.6) is 0 Å². The molecule has 34 heavy (non-hydrogen) atoms. The van der Waals surface area contributed by atoms with Crippen molar-refractivity contribution in [3.8, 4) is 28.7 Å². The van der Waals surface area contributed by atoms with E-state index in [1.54, 1.807) is 24.8 Å². The van der Waals surface area contributed by atoms with E-state index in [-0.39, 0.29) is 5.41 Å². The third kappa shape index (κ3) is 3.32. The number of aromatic amines is 1. The van der Waals surface area contributed by atoms with Gasteiger partial charge < -0.3 is 9.09 Å². The summed E-state index contributed by atoms with van der Waals surface area (Å²) in [6.07, 6.45) is 11.1. The summed E-state index contributed by atoms with van der Waals surface area (Å²) in [5.74, 6) is 2.38. The molecule has 1 aliphatic carbocycles. The first-order chi connectivity index (χ1) is 16.5. The molecule has 0 aromatic carbocycles. The second-order valence-corrected chi connectivity index (χ2v) is 9.03. The minimum absolute atomic E-state index is 0.379. The van der Waals surface area contributed by atoms with Gasteiger partial charge in [0.15, 0.2) is 11.6 Å². The van der Waals surface area contributed by atoms with Crippen molar-refractivity contribution in [1.82, 2.24) is 39.9 Å². The lowest BCUT2D eigenvalue weighted by atomic mass is 9.77. The van der Waals surface area contributed by atoms with E-state index in [4.69, 9.17) is 14.5 Å². The number of hydrogen-bond acceptors (Lipinski definition) is 7. The molecule has 1 N–H and O–H groups in total. The Labute approximate surface area is 196 Å². The fourth-order valence-electron chi connectivity index (χ4n) is 4.58. The van der Waals surface area contributed by atoms with E-state index >= 15 is 0 Å². The lowest BCUT2D eigenvalue weighted by molar-refractivity contribution is 0.386. The Bertz CT molecular complexity index is 1410. The summed E-state index contributed by atoms with van der Waals surface area (Å²) < 4.78 is 7.62. The molecule has 5 heterocycles. The van der Waals surface area contributed by atoms with E-state index < -0.39 is 0 Å². The molecule has 5 aromatic rings. The molecule has 0 amide bonds. The fraction of sp³-hybridized carbons (Fsp3) is 0.280. The highest BCUT2D eigenvalue weighted by atomic mass is 16.5. The molecule has 170 valence electrons. The van der Waals surface area contributed by atoms with Crippen LogP contribution in [0.2, 0.25) is 0 Å². The van der Waals surface area contributed by atoms with Crippen molar-refractivity contribution in [2.24, 2.45) is 5.92 Å². The first-order valence-corrected chi connectivity index (χ1v) is 11.3. The summed E-state index contributed by atoms with van der Waals surface area (Å²) in [7, 11) is 0. The zero-order valence-corrected chi connectivity index (χ0v) is 19.2. The smallest absolute Gasteiger partial charge is 0.261 e. The van der Waals surface area contributed by atoms with E-state index in [0.717, 1.165) is 52.6 Å². The number of nitrogens with one attached hydrogen (secondary N) is 1. The molecular weight excluding hydrogens is 428 g/mol. The average Bonchev–Trinajstić information content (AvgIpc) is 3.22. The highest BCUT2D eigenvalue weighted by Crippen LogP contribution is 2.50. The summed E-state index contributed by atoms with van der Waals surface area (Å²) >= 11 is 0. The van der Waals surface area contributed by atoms with E-state index in [9.17, 15) is 0 Å². The average molecular weight is 453 g/mol. The highest BCUT2D eigenvalue weighted by Gasteiger charge is 2.47. The Kier molecular flexibility index (Phi) is 4.65.